The zero-order chi connectivity index (χ0) is 22.2. The fourth-order valence-corrected chi connectivity index (χ4v) is 3.59. The molecule has 162 valence electrons. The number of pyridine rings is 1. The number of carbonyl (C=O) groups is 1. The van der Waals surface area contributed by atoms with Crippen LogP contribution in [-0.4, -0.2) is 47.5 Å². The highest BCUT2D eigenvalue weighted by Gasteiger charge is 2.19. The van der Waals surface area contributed by atoms with E-state index in [2.05, 4.69) is 23.0 Å². The lowest BCUT2D eigenvalue weighted by atomic mass is 10.1. The number of aromatic nitrogens is 2. The van der Waals surface area contributed by atoms with E-state index in [0.717, 1.165) is 61.7 Å². The first-order valence-corrected chi connectivity index (χ1v) is 10.7. The minimum absolute atomic E-state index is 0.246. The number of anilines is 1. The first-order valence-electron chi connectivity index (χ1n) is 10.7. The van der Waals surface area contributed by atoms with Gasteiger partial charge in [-0.2, -0.15) is 5.26 Å². The fraction of sp³-hybridized carbons (Fsp3) is 0.417. The molecule has 1 aromatic carbocycles. The molecule has 0 unspecified atom stereocenters. The molecule has 0 spiro atoms. The van der Waals surface area contributed by atoms with Gasteiger partial charge < -0.3 is 14.2 Å². The van der Waals surface area contributed by atoms with Crippen molar-refractivity contribution in [1.29, 1.82) is 5.26 Å². The molecule has 1 saturated heterocycles. The molecule has 7 nitrogen and oxygen atoms in total. The molecule has 0 aliphatic carbocycles. The predicted molar refractivity (Wildman–Crippen MR) is 121 cm³/mol. The molecule has 0 N–H and O–H groups in total. The quantitative estimate of drug-likeness (QED) is 0.598. The summed E-state index contributed by atoms with van der Waals surface area (Å²) in [5.41, 5.74) is 3.76. The Morgan fingerprint density at radius 2 is 2.13 bits per heavy atom. The predicted octanol–water partition coefficient (Wildman–Crippen LogP) is 4.10. The molecular weight excluding hydrogens is 390 g/mol. The average molecular weight is 420 g/mol. The summed E-state index contributed by atoms with van der Waals surface area (Å²) in [6.45, 7) is 6.41. The number of para-hydroxylation sites is 1. The number of likely N-dealkylation sites (N-methyl/N-ethyl adjacent to an activating group) is 1. The molecular formula is C24H29N5O2. The van der Waals surface area contributed by atoms with E-state index in [0.29, 0.717) is 12.0 Å². The number of nitriles is 1. The maximum Gasteiger partial charge on any atom is 0.222 e. The number of hydrogen-bond acceptors (Lipinski definition) is 6. The van der Waals surface area contributed by atoms with E-state index >= 15 is 0 Å². The smallest absolute Gasteiger partial charge is 0.222 e. The van der Waals surface area contributed by atoms with E-state index < -0.39 is 0 Å². The highest BCUT2D eigenvalue weighted by Crippen LogP contribution is 2.20. The number of hydrogen-bond donors (Lipinski definition) is 0. The molecule has 3 aromatic rings. The normalized spacial score (nSPS) is 13.1. The van der Waals surface area contributed by atoms with E-state index in [1.165, 1.54) is 5.56 Å². The number of fused-ring (bicyclic) bond motifs is 1. The molecule has 1 amide bonds. The third kappa shape index (κ3) is 5.82. The first-order chi connectivity index (χ1) is 15.0. The molecule has 0 saturated carbocycles. The number of likely N-dealkylation sites (tertiary alicyclic amines) is 1. The van der Waals surface area contributed by atoms with Crippen LogP contribution in [0.25, 0.3) is 11.1 Å². The summed E-state index contributed by atoms with van der Waals surface area (Å²) < 4.78 is 5.54. The van der Waals surface area contributed by atoms with Gasteiger partial charge in [-0.15, -0.1) is 0 Å². The maximum atomic E-state index is 11.5. The number of benzene rings is 1. The van der Waals surface area contributed by atoms with Crippen molar-refractivity contribution in [3.05, 3.63) is 53.5 Å². The van der Waals surface area contributed by atoms with Crippen molar-refractivity contribution >= 4 is 22.8 Å². The second-order valence-corrected chi connectivity index (χ2v) is 7.67. The monoisotopic (exact) mass is 419 g/mol. The largest absolute Gasteiger partial charge is 0.441 e. The molecule has 2 aromatic heterocycles. The third-order valence-electron chi connectivity index (χ3n) is 5.27. The molecule has 7 heteroatoms. The summed E-state index contributed by atoms with van der Waals surface area (Å²) in [5, 5.41) is 8.70. The molecule has 1 fully saturated rings. The Morgan fingerprint density at radius 1 is 1.29 bits per heavy atom. The van der Waals surface area contributed by atoms with Crippen LogP contribution < -0.4 is 4.90 Å². The first kappa shape index (κ1) is 22.3. The third-order valence-corrected chi connectivity index (χ3v) is 5.27. The summed E-state index contributed by atoms with van der Waals surface area (Å²) in [7, 11) is 1.94. The zero-order valence-electron chi connectivity index (χ0n) is 18.5. The SMILES string of the molecule is CCCc1cccc2nc(C)oc12.CN(CCN1CCCC1=O)c1ccc(C#N)cn1. The van der Waals surface area contributed by atoms with Gasteiger partial charge >= 0.3 is 0 Å². The van der Waals surface area contributed by atoms with Gasteiger partial charge in [-0.25, -0.2) is 9.97 Å². The van der Waals surface area contributed by atoms with Crippen molar-refractivity contribution in [2.24, 2.45) is 0 Å². The van der Waals surface area contributed by atoms with Crippen LogP contribution in [0.3, 0.4) is 0 Å². The molecule has 3 heterocycles. The number of rotatable bonds is 6. The van der Waals surface area contributed by atoms with Crippen molar-refractivity contribution in [3.63, 3.8) is 0 Å². The standard InChI is InChI=1S/C13H16N4O.C11H13NO/c1-16(7-8-17-6-2-3-13(17)18)12-5-4-11(9-14)10-15-12;1-3-5-9-6-4-7-10-11(9)13-8(2)12-10/h4-5,10H,2-3,6-8H2,1H3;4,6-7H,3,5H2,1-2H3. The van der Waals surface area contributed by atoms with Gasteiger partial charge in [-0.3, -0.25) is 4.79 Å². The number of amides is 1. The Morgan fingerprint density at radius 3 is 2.77 bits per heavy atom. The van der Waals surface area contributed by atoms with Crippen molar-refractivity contribution in [3.8, 4) is 6.07 Å². The van der Waals surface area contributed by atoms with Gasteiger partial charge in [0.05, 0.1) is 5.56 Å². The van der Waals surface area contributed by atoms with Crippen molar-refractivity contribution in [2.75, 3.05) is 31.6 Å². The van der Waals surface area contributed by atoms with Gasteiger partial charge in [0.25, 0.3) is 0 Å². The maximum absolute atomic E-state index is 11.5. The number of carbonyl (C=O) groups excluding carboxylic acids is 1. The van der Waals surface area contributed by atoms with Gasteiger partial charge in [0.2, 0.25) is 5.91 Å². The number of aryl methyl sites for hydroxylation is 2. The Hall–Kier alpha value is -3.40. The summed E-state index contributed by atoms with van der Waals surface area (Å²) in [5.74, 6) is 1.82. The van der Waals surface area contributed by atoms with Crippen LogP contribution in [-0.2, 0) is 11.2 Å². The van der Waals surface area contributed by atoms with Crippen LogP contribution in [0, 0.1) is 18.3 Å². The second-order valence-electron chi connectivity index (χ2n) is 7.67. The Bertz CT molecular complexity index is 1050. The Labute approximate surface area is 183 Å². The van der Waals surface area contributed by atoms with Gasteiger partial charge in [0.1, 0.15) is 17.4 Å². The summed E-state index contributed by atoms with van der Waals surface area (Å²) in [6, 6.07) is 11.8. The van der Waals surface area contributed by atoms with E-state index in [4.69, 9.17) is 9.68 Å². The summed E-state index contributed by atoms with van der Waals surface area (Å²) >= 11 is 0. The zero-order valence-corrected chi connectivity index (χ0v) is 18.5. The molecule has 0 radical (unpaired) electrons. The van der Waals surface area contributed by atoms with Crippen LogP contribution in [0.15, 0.2) is 40.9 Å². The van der Waals surface area contributed by atoms with Gasteiger partial charge in [-0.05, 0) is 36.6 Å². The lowest BCUT2D eigenvalue weighted by Crippen LogP contribution is -2.34. The lowest BCUT2D eigenvalue weighted by molar-refractivity contribution is -0.127. The van der Waals surface area contributed by atoms with Crippen LogP contribution in [0.5, 0.6) is 0 Å². The van der Waals surface area contributed by atoms with Gasteiger partial charge in [0, 0.05) is 46.2 Å². The molecule has 0 atom stereocenters. The number of nitrogens with zero attached hydrogens (tertiary/aromatic N) is 5. The van der Waals surface area contributed by atoms with E-state index in [-0.39, 0.29) is 5.91 Å². The number of oxazole rings is 1. The van der Waals surface area contributed by atoms with Crippen molar-refractivity contribution in [2.45, 2.75) is 39.5 Å². The second kappa shape index (κ2) is 10.6. The van der Waals surface area contributed by atoms with Crippen LogP contribution >= 0.6 is 0 Å². The molecule has 0 bridgehead atoms. The van der Waals surface area contributed by atoms with E-state index in [1.807, 2.05) is 48.0 Å². The minimum Gasteiger partial charge on any atom is -0.441 e. The van der Waals surface area contributed by atoms with Crippen molar-refractivity contribution in [1.82, 2.24) is 14.9 Å². The van der Waals surface area contributed by atoms with E-state index in [9.17, 15) is 4.79 Å². The van der Waals surface area contributed by atoms with Gasteiger partial charge in [0.15, 0.2) is 11.5 Å². The van der Waals surface area contributed by atoms with Crippen LogP contribution in [0.1, 0.15) is 43.2 Å². The molecule has 31 heavy (non-hydrogen) atoms. The van der Waals surface area contributed by atoms with Crippen LogP contribution in [0.4, 0.5) is 5.82 Å². The highest BCUT2D eigenvalue weighted by molar-refractivity contribution is 5.78. The lowest BCUT2D eigenvalue weighted by Gasteiger charge is -2.22. The van der Waals surface area contributed by atoms with Crippen LogP contribution in [0.2, 0.25) is 0 Å². The van der Waals surface area contributed by atoms with E-state index in [1.54, 1.807) is 12.3 Å². The highest BCUT2D eigenvalue weighted by atomic mass is 16.3. The topological polar surface area (TPSA) is 86.3 Å². The molecule has 4 rings (SSSR count). The summed E-state index contributed by atoms with van der Waals surface area (Å²) in [6.07, 6.45) is 5.41. The van der Waals surface area contributed by atoms with Crippen molar-refractivity contribution < 1.29 is 9.21 Å². The van der Waals surface area contributed by atoms with Gasteiger partial charge in [-0.1, -0.05) is 25.5 Å². The fourth-order valence-electron chi connectivity index (χ4n) is 3.59. The minimum atomic E-state index is 0.246. The molecule has 1 aliphatic rings. The Balaban J connectivity index is 0.000000185. The summed E-state index contributed by atoms with van der Waals surface area (Å²) in [4.78, 5) is 23.8. The Kier molecular flexibility index (Phi) is 7.60. The molecule has 1 aliphatic heterocycles. The average Bonchev–Trinajstić information content (AvgIpc) is 3.37.